The quantitative estimate of drug-likeness (QED) is 0.324. The molecule has 6 nitrogen and oxygen atoms in total. The smallest absolute Gasteiger partial charge is 0.307 e. The zero-order valence-corrected chi connectivity index (χ0v) is 22.0. The van der Waals surface area contributed by atoms with Gasteiger partial charge in [0.1, 0.15) is 5.75 Å². The molecule has 0 aliphatic heterocycles. The molecule has 5 rings (SSSR count). The summed E-state index contributed by atoms with van der Waals surface area (Å²) in [6, 6.07) is 15.0. The Bertz CT molecular complexity index is 1290. The second-order valence-electron chi connectivity index (χ2n) is 11.2. The van der Waals surface area contributed by atoms with Crippen molar-refractivity contribution in [1.29, 1.82) is 0 Å². The molecule has 2 aliphatic rings. The Labute approximate surface area is 218 Å². The van der Waals surface area contributed by atoms with Gasteiger partial charge < -0.3 is 20.3 Å². The number of nitrogens with one attached hydrogen (secondary N) is 1. The van der Waals surface area contributed by atoms with Crippen molar-refractivity contribution < 1.29 is 19.7 Å². The van der Waals surface area contributed by atoms with Crippen LogP contribution in [0.1, 0.15) is 73.0 Å². The van der Waals surface area contributed by atoms with Crippen LogP contribution in [0.4, 0.5) is 5.69 Å². The number of hydrogen-bond acceptors (Lipinski definition) is 5. The van der Waals surface area contributed by atoms with Crippen LogP contribution < -0.4 is 10.1 Å². The number of hydrogen-bond donors (Lipinski definition) is 3. The van der Waals surface area contributed by atoms with E-state index in [0.29, 0.717) is 19.4 Å². The summed E-state index contributed by atoms with van der Waals surface area (Å²) in [4.78, 5) is 15.7. The Kier molecular flexibility index (Phi) is 6.71. The van der Waals surface area contributed by atoms with Gasteiger partial charge in [0.05, 0.1) is 36.1 Å². The van der Waals surface area contributed by atoms with Crippen LogP contribution in [0.5, 0.6) is 5.75 Å². The van der Waals surface area contributed by atoms with Crippen LogP contribution in [0.15, 0.2) is 48.7 Å². The van der Waals surface area contributed by atoms with E-state index in [9.17, 15) is 15.0 Å². The maximum atomic E-state index is 11.2. The number of carboxylic acid groups (broad SMARTS) is 1. The molecule has 0 saturated heterocycles. The van der Waals surface area contributed by atoms with E-state index in [0.717, 1.165) is 30.0 Å². The fourth-order valence-corrected chi connectivity index (χ4v) is 5.60. The predicted octanol–water partition coefficient (Wildman–Crippen LogP) is 6.19. The molecule has 1 fully saturated rings. The van der Waals surface area contributed by atoms with Crippen molar-refractivity contribution in [3.05, 3.63) is 76.6 Å². The van der Waals surface area contributed by atoms with E-state index in [2.05, 4.69) is 54.5 Å². The van der Waals surface area contributed by atoms with Crippen LogP contribution in [0.25, 0.3) is 11.1 Å². The third kappa shape index (κ3) is 5.49. The lowest BCUT2D eigenvalue weighted by molar-refractivity contribution is -0.138. The van der Waals surface area contributed by atoms with Gasteiger partial charge in [0, 0.05) is 18.0 Å². The number of pyridine rings is 1. The summed E-state index contributed by atoms with van der Waals surface area (Å²) < 4.78 is 5.95. The standard InChI is InChI=1S/C31H36N2O4/c1-18-14-21(37-13-12-31(3,4)36)15-19(2)29(18)24-7-5-6-23-22(24)9-11-28(23)33-20-8-10-27(32-17-20)25-16-26(25)30(34)35/h5-8,10,14-15,17,25-26,28,33,36H,9,11-13,16H2,1-4H3,(H,34,35)/t25?,26-,28-/m1/s1. The van der Waals surface area contributed by atoms with E-state index in [1.807, 2.05) is 18.3 Å². The summed E-state index contributed by atoms with van der Waals surface area (Å²) in [5.41, 5.74) is 8.69. The number of rotatable bonds is 9. The zero-order chi connectivity index (χ0) is 26.3. The van der Waals surface area contributed by atoms with Gasteiger partial charge in [-0.15, -0.1) is 0 Å². The molecule has 1 aromatic heterocycles. The Hall–Kier alpha value is -3.38. The van der Waals surface area contributed by atoms with Crippen LogP contribution in [-0.2, 0) is 11.2 Å². The molecule has 0 bridgehead atoms. The Morgan fingerprint density at radius 3 is 2.54 bits per heavy atom. The van der Waals surface area contributed by atoms with Gasteiger partial charge in [-0.3, -0.25) is 9.78 Å². The average molecular weight is 501 g/mol. The number of carboxylic acids is 1. The number of carbonyl (C=O) groups is 1. The number of ether oxygens (including phenoxy) is 1. The first-order chi connectivity index (χ1) is 17.6. The molecule has 37 heavy (non-hydrogen) atoms. The summed E-state index contributed by atoms with van der Waals surface area (Å²) in [5.74, 6) is -0.129. The molecule has 6 heteroatoms. The second-order valence-corrected chi connectivity index (χ2v) is 11.2. The number of nitrogens with zero attached hydrogens (tertiary/aromatic N) is 1. The van der Waals surface area contributed by atoms with E-state index in [1.165, 1.54) is 33.4 Å². The van der Waals surface area contributed by atoms with Gasteiger partial charge in [-0.25, -0.2) is 0 Å². The molecule has 2 aliphatic carbocycles. The first-order valence-corrected chi connectivity index (χ1v) is 13.1. The fraction of sp³-hybridized carbons (Fsp3) is 0.419. The Morgan fingerprint density at radius 1 is 1.16 bits per heavy atom. The predicted molar refractivity (Wildman–Crippen MR) is 145 cm³/mol. The lowest BCUT2D eigenvalue weighted by Gasteiger charge is -2.20. The molecule has 3 N–H and O–H groups in total. The van der Waals surface area contributed by atoms with Gasteiger partial charge in [-0.1, -0.05) is 18.2 Å². The van der Waals surface area contributed by atoms with Gasteiger partial charge >= 0.3 is 5.97 Å². The molecule has 1 unspecified atom stereocenters. The monoisotopic (exact) mass is 500 g/mol. The van der Waals surface area contributed by atoms with E-state index < -0.39 is 11.6 Å². The summed E-state index contributed by atoms with van der Waals surface area (Å²) >= 11 is 0. The zero-order valence-electron chi connectivity index (χ0n) is 22.0. The maximum Gasteiger partial charge on any atom is 0.307 e. The maximum absolute atomic E-state index is 11.2. The SMILES string of the molecule is Cc1cc(OCCC(C)(C)O)cc(C)c1-c1cccc2c1CC[C@H]2Nc1ccc(C2C[C@H]2C(=O)O)nc1. The summed E-state index contributed by atoms with van der Waals surface area (Å²) in [6.45, 7) is 8.34. The largest absolute Gasteiger partial charge is 0.493 e. The van der Waals surface area contributed by atoms with Crippen molar-refractivity contribution in [3.8, 4) is 16.9 Å². The molecule has 1 saturated carbocycles. The molecule has 0 spiro atoms. The van der Waals surface area contributed by atoms with Crippen LogP contribution in [0.2, 0.25) is 0 Å². The van der Waals surface area contributed by atoms with E-state index in [1.54, 1.807) is 13.8 Å². The van der Waals surface area contributed by atoms with Crippen molar-refractivity contribution >= 4 is 11.7 Å². The average Bonchev–Trinajstić information content (AvgIpc) is 3.53. The minimum Gasteiger partial charge on any atom is -0.493 e. The molecular formula is C31H36N2O4. The molecular weight excluding hydrogens is 464 g/mol. The summed E-state index contributed by atoms with van der Waals surface area (Å²) in [5, 5.41) is 22.8. The topological polar surface area (TPSA) is 91.7 Å². The van der Waals surface area contributed by atoms with Gasteiger partial charge in [-0.2, -0.15) is 0 Å². The molecule has 3 aromatic rings. The number of aliphatic carboxylic acids is 1. The number of benzene rings is 2. The lowest BCUT2D eigenvalue weighted by atomic mass is 9.90. The van der Waals surface area contributed by atoms with Crippen LogP contribution in [-0.4, -0.2) is 33.4 Å². The van der Waals surface area contributed by atoms with Crippen molar-refractivity contribution in [2.75, 3.05) is 11.9 Å². The van der Waals surface area contributed by atoms with Gasteiger partial charge in [0.15, 0.2) is 0 Å². The highest BCUT2D eigenvalue weighted by Gasteiger charge is 2.45. The van der Waals surface area contributed by atoms with Gasteiger partial charge in [0.2, 0.25) is 0 Å². The molecule has 194 valence electrons. The van der Waals surface area contributed by atoms with Crippen LogP contribution in [0, 0.1) is 19.8 Å². The van der Waals surface area contributed by atoms with Crippen LogP contribution in [0.3, 0.4) is 0 Å². The van der Waals surface area contributed by atoms with Crippen molar-refractivity contribution in [3.63, 3.8) is 0 Å². The van der Waals surface area contributed by atoms with E-state index in [-0.39, 0.29) is 17.9 Å². The molecule has 1 heterocycles. The fourth-order valence-electron chi connectivity index (χ4n) is 5.60. The number of anilines is 1. The highest BCUT2D eigenvalue weighted by molar-refractivity contribution is 5.77. The Morgan fingerprint density at radius 2 is 1.92 bits per heavy atom. The second kappa shape index (κ2) is 9.82. The minimum absolute atomic E-state index is 0.0473. The third-order valence-corrected chi connectivity index (χ3v) is 7.64. The number of aryl methyl sites for hydroxylation is 2. The third-order valence-electron chi connectivity index (χ3n) is 7.64. The lowest BCUT2D eigenvalue weighted by Crippen LogP contribution is -2.21. The molecule has 3 atom stereocenters. The van der Waals surface area contributed by atoms with Gasteiger partial charge in [0.25, 0.3) is 0 Å². The highest BCUT2D eigenvalue weighted by Crippen LogP contribution is 2.47. The van der Waals surface area contributed by atoms with Crippen molar-refractivity contribution in [2.45, 2.75) is 70.9 Å². The highest BCUT2D eigenvalue weighted by atomic mass is 16.5. The van der Waals surface area contributed by atoms with E-state index >= 15 is 0 Å². The van der Waals surface area contributed by atoms with Gasteiger partial charge in [-0.05, 0) is 105 Å². The normalized spacial score (nSPS) is 20.4. The minimum atomic E-state index is -0.738. The number of aliphatic hydroxyl groups is 1. The number of fused-ring (bicyclic) bond motifs is 1. The molecule has 2 aromatic carbocycles. The number of aromatic nitrogens is 1. The molecule has 0 amide bonds. The first kappa shape index (κ1) is 25.3. The summed E-state index contributed by atoms with van der Waals surface area (Å²) in [7, 11) is 0. The van der Waals surface area contributed by atoms with Crippen LogP contribution >= 0.6 is 0 Å². The summed E-state index contributed by atoms with van der Waals surface area (Å²) in [6.07, 6.45) is 5.10. The first-order valence-electron chi connectivity index (χ1n) is 13.1. The molecule has 0 radical (unpaired) electrons. The van der Waals surface area contributed by atoms with Crippen molar-refractivity contribution in [1.82, 2.24) is 4.98 Å². The van der Waals surface area contributed by atoms with E-state index in [4.69, 9.17) is 4.74 Å². The Balaban J connectivity index is 1.32. The van der Waals surface area contributed by atoms with Crippen molar-refractivity contribution in [2.24, 2.45) is 5.92 Å².